The second-order valence-corrected chi connectivity index (χ2v) is 19.5. The third-order valence-corrected chi connectivity index (χ3v) is 15.9. The van der Waals surface area contributed by atoms with Crippen molar-refractivity contribution in [3.05, 3.63) is 70.3 Å². The number of ether oxygens (including phenoxy) is 3. The first-order valence-corrected chi connectivity index (χ1v) is 21.7. The molecule has 7 rings (SSSR count). The van der Waals surface area contributed by atoms with Crippen LogP contribution in [0.15, 0.2) is 48.6 Å². The van der Waals surface area contributed by atoms with Crippen LogP contribution < -0.4 is 14.4 Å². The van der Waals surface area contributed by atoms with Crippen molar-refractivity contribution in [3.63, 3.8) is 0 Å². The van der Waals surface area contributed by atoms with Crippen LogP contribution in [-0.4, -0.2) is 116 Å². The van der Waals surface area contributed by atoms with Gasteiger partial charge in [-0.1, -0.05) is 36.7 Å². The lowest BCUT2D eigenvalue weighted by molar-refractivity contribution is -0.108. The Morgan fingerprint density at radius 3 is 2.68 bits per heavy atom. The molecule has 0 aromatic heterocycles. The maximum absolute atomic E-state index is 14.0. The summed E-state index contributed by atoms with van der Waals surface area (Å²) in [4.78, 5) is 21.2. The Morgan fingerprint density at radius 1 is 1.13 bits per heavy atom. The predicted molar refractivity (Wildman–Crippen MR) is 216 cm³/mol. The molecule has 3 aliphatic heterocycles. The number of benzene rings is 2. The summed E-state index contributed by atoms with van der Waals surface area (Å²) in [5.74, 6) is 5.18. The smallest absolute Gasteiger partial charge is 0.262 e. The molecule has 5 aliphatic rings. The molecular formula is C42H59ClN4O5S. The molecule has 1 N–H and O–H groups in total. The molecule has 0 radical (unpaired) electrons. The highest BCUT2D eigenvalue weighted by Crippen LogP contribution is 2.49. The molecule has 1 amide bonds. The van der Waals surface area contributed by atoms with Crippen LogP contribution >= 0.6 is 11.6 Å². The number of fused-ring (bicyclic) bond motifs is 4. The predicted octanol–water partition coefficient (Wildman–Crippen LogP) is 5.83. The molecule has 3 heterocycles. The maximum atomic E-state index is 14.0. The fourth-order valence-electron chi connectivity index (χ4n) is 9.62. The summed E-state index contributed by atoms with van der Waals surface area (Å²) in [6.45, 7) is 10.6. The topological polar surface area (TPSA) is 83.6 Å². The number of rotatable bonds is 7. The van der Waals surface area contributed by atoms with Crippen LogP contribution in [0.4, 0.5) is 5.69 Å². The van der Waals surface area contributed by atoms with Gasteiger partial charge in [-0.15, -0.1) is 0 Å². The molecule has 2 bridgehead atoms. The van der Waals surface area contributed by atoms with Gasteiger partial charge in [-0.25, -0.2) is 4.21 Å². The average molecular weight is 767 g/mol. The van der Waals surface area contributed by atoms with E-state index in [-0.39, 0.29) is 22.5 Å². The van der Waals surface area contributed by atoms with Gasteiger partial charge in [-0.05, 0) is 118 Å². The van der Waals surface area contributed by atoms with E-state index in [1.807, 2.05) is 32.2 Å². The number of halogens is 1. The molecule has 2 aromatic rings. The van der Waals surface area contributed by atoms with Crippen molar-refractivity contribution in [1.29, 1.82) is 0 Å². The Balaban J connectivity index is 1.26. The van der Waals surface area contributed by atoms with Crippen LogP contribution in [0.3, 0.4) is 0 Å². The number of likely N-dealkylation sites (N-methyl/N-ethyl adjacent to an activating group) is 1. The summed E-state index contributed by atoms with van der Waals surface area (Å²) in [7, 11) is 2.87. The SMILES string of the molecule is C=S1(=O)NC(=O)c2ccc3c(c2)N(C[C@@H]2CC[C@H]2[C@](CN2CC(N(C)CCOC)C2)(OC)/C=C/C[C@H](C)[C@H]1C)C[C@@]1(CCCc2cc(Cl)ccc21)CO3. The highest BCUT2D eigenvalue weighted by molar-refractivity contribution is 7.99. The summed E-state index contributed by atoms with van der Waals surface area (Å²) in [6, 6.07) is 12.5. The zero-order valence-corrected chi connectivity index (χ0v) is 33.9. The maximum Gasteiger partial charge on any atom is 0.262 e. The van der Waals surface area contributed by atoms with Crippen LogP contribution in [-0.2, 0) is 31.0 Å². The zero-order chi connectivity index (χ0) is 37.5. The Kier molecular flexibility index (Phi) is 11.3. The van der Waals surface area contributed by atoms with E-state index < -0.39 is 15.3 Å². The van der Waals surface area contributed by atoms with E-state index in [4.69, 9.17) is 25.8 Å². The van der Waals surface area contributed by atoms with Gasteiger partial charge in [-0.2, -0.15) is 0 Å². The van der Waals surface area contributed by atoms with Crippen molar-refractivity contribution < 1.29 is 23.2 Å². The first-order chi connectivity index (χ1) is 25.4. The molecule has 1 spiro atoms. The van der Waals surface area contributed by atoms with E-state index in [9.17, 15) is 9.00 Å². The number of aryl methyl sites for hydroxylation is 1. The van der Waals surface area contributed by atoms with Crippen LogP contribution in [0.5, 0.6) is 5.75 Å². The van der Waals surface area contributed by atoms with Crippen LogP contribution in [0, 0.1) is 17.8 Å². The average Bonchev–Trinajstić information content (AvgIpc) is 3.25. The van der Waals surface area contributed by atoms with E-state index in [0.717, 1.165) is 94.4 Å². The van der Waals surface area contributed by atoms with Crippen molar-refractivity contribution in [3.8, 4) is 5.75 Å². The first-order valence-electron chi connectivity index (χ1n) is 19.5. The molecule has 1 saturated heterocycles. The molecule has 2 fully saturated rings. The summed E-state index contributed by atoms with van der Waals surface area (Å²) in [5, 5.41) is 0.429. The van der Waals surface area contributed by atoms with Gasteiger partial charge in [0.2, 0.25) is 0 Å². The number of likely N-dealkylation sites (tertiary alicyclic amines) is 1. The van der Waals surface area contributed by atoms with Gasteiger partial charge in [0.05, 0.1) is 28.6 Å². The van der Waals surface area contributed by atoms with Crippen LogP contribution in [0.2, 0.25) is 5.02 Å². The van der Waals surface area contributed by atoms with Crippen LogP contribution in [0.25, 0.3) is 0 Å². The Labute approximate surface area is 322 Å². The lowest BCUT2D eigenvalue weighted by atomic mass is 9.63. The Morgan fingerprint density at radius 2 is 1.94 bits per heavy atom. The number of carbonyl (C=O) groups is 1. The third-order valence-electron chi connectivity index (χ3n) is 13.4. The van der Waals surface area contributed by atoms with Crippen LogP contribution in [0.1, 0.15) is 67.4 Å². The van der Waals surface area contributed by atoms with Gasteiger partial charge in [0.15, 0.2) is 0 Å². The number of allylic oxidation sites excluding steroid dienone is 1. The molecule has 290 valence electrons. The van der Waals surface area contributed by atoms with Gasteiger partial charge in [-0.3, -0.25) is 19.3 Å². The highest BCUT2D eigenvalue weighted by Gasteiger charge is 2.51. The molecule has 7 atom stereocenters. The number of carbonyl (C=O) groups excluding carboxylic acids is 1. The second-order valence-electron chi connectivity index (χ2n) is 16.7. The van der Waals surface area contributed by atoms with E-state index in [0.29, 0.717) is 36.5 Å². The minimum Gasteiger partial charge on any atom is -0.490 e. The number of nitrogens with zero attached hydrogens (tertiary/aromatic N) is 3. The summed E-state index contributed by atoms with van der Waals surface area (Å²) < 4.78 is 35.7. The first kappa shape index (κ1) is 38.7. The fourth-order valence-corrected chi connectivity index (χ4v) is 11.3. The minimum absolute atomic E-state index is 0.0272. The second kappa shape index (κ2) is 15.5. The molecule has 1 unspecified atom stereocenters. The van der Waals surface area contributed by atoms with Crippen molar-refractivity contribution >= 4 is 38.8 Å². The van der Waals surface area contributed by atoms with E-state index in [1.165, 1.54) is 11.1 Å². The molecule has 2 aromatic carbocycles. The summed E-state index contributed by atoms with van der Waals surface area (Å²) in [5.41, 5.74) is 3.28. The molecule has 2 aliphatic carbocycles. The van der Waals surface area contributed by atoms with E-state index in [2.05, 4.69) is 63.5 Å². The number of methoxy groups -OCH3 is 2. The summed E-state index contributed by atoms with van der Waals surface area (Å²) in [6.07, 6.45) is 10.5. The lowest BCUT2D eigenvalue weighted by Crippen LogP contribution is -2.64. The normalized spacial score (nSPS) is 34.2. The summed E-state index contributed by atoms with van der Waals surface area (Å²) >= 11 is 6.52. The molecule has 1 saturated carbocycles. The number of anilines is 1. The van der Waals surface area contributed by atoms with Crippen molar-refractivity contribution in [2.24, 2.45) is 17.8 Å². The van der Waals surface area contributed by atoms with Crippen molar-refractivity contribution in [1.82, 2.24) is 14.5 Å². The zero-order valence-electron chi connectivity index (χ0n) is 32.3. The largest absolute Gasteiger partial charge is 0.490 e. The number of nitrogens with one attached hydrogen (secondary N) is 1. The Hall–Kier alpha value is -2.60. The van der Waals surface area contributed by atoms with Gasteiger partial charge >= 0.3 is 0 Å². The number of hydrogen-bond acceptors (Lipinski definition) is 8. The van der Waals surface area contributed by atoms with E-state index in [1.54, 1.807) is 13.2 Å². The van der Waals surface area contributed by atoms with Crippen molar-refractivity contribution in [2.75, 3.05) is 78.6 Å². The monoisotopic (exact) mass is 766 g/mol. The quantitative estimate of drug-likeness (QED) is 0.279. The molecule has 11 heteroatoms. The fraction of sp³-hybridized carbons (Fsp3) is 0.619. The highest BCUT2D eigenvalue weighted by atomic mass is 35.5. The van der Waals surface area contributed by atoms with Gasteiger partial charge < -0.3 is 19.1 Å². The number of amides is 1. The lowest BCUT2D eigenvalue weighted by Gasteiger charge is -2.54. The minimum atomic E-state index is -2.96. The van der Waals surface area contributed by atoms with Gasteiger partial charge in [0.25, 0.3) is 5.91 Å². The van der Waals surface area contributed by atoms with Gasteiger partial charge in [0.1, 0.15) is 11.4 Å². The third kappa shape index (κ3) is 7.66. The van der Waals surface area contributed by atoms with Crippen molar-refractivity contribution in [2.45, 2.75) is 74.7 Å². The Bertz CT molecular complexity index is 1800. The molecule has 9 nitrogen and oxygen atoms in total. The van der Waals surface area contributed by atoms with E-state index >= 15 is 0 Å². The molecular weight excluding hydrogens is 708 g/mol. The molecule has 53 heavy (non-hydrogen) atoms. The standard InChI is InChI=1S/C42H59ClN4O5S/c1-29-9-7-18-42(51-5,27-46-24-35(25-46)45(3)19-20-50-4)37-14-11-33(37)23-47-26-41(17-8-10-31-21-34(43)13-15-36(31)41)28-52-39-16-12-32(22-38(39)47)40(48)44-53(6,49)30(29)2/h7,12-13,15-16,18,21-22,29-30,33,35,37H,6,8-11,14,17,19-20,23-28H2,1-5H3,(H,44,48,49)/b18-7+/t29-,30+,33-,37+,41-,42-,53?/m0/s1. The van der Waals surface area contributed by atoms with Gasteiger partial charge in [0, 0.05) is 80.8 Å². The number of hydrogen-bond donors (Lipinski definition) is 1.